The van der Waals surface area contributed by atoms with Crippen molar-refractivity contribution < 1.29 is 9.72 Å². The Labute approximate surface area is 194 Å². The molecule has 0 fully saturated rings. The highest BCUT2D eigenvalue weighted by Gasteiger charge is 2.17. The van der Waals surface area contributed by atoms with Crippen LogP contribution < -0.4 is 5.43 Å². The van der Waals surface area contributed by atoms with Crippen molar-refractivity contribution in [2.24, 2.45) is 5.10 Å². The molecule has 2 aromatic heterocycles. The number of carbonyl (C=O) groups excluding carboxylic acids is 1. The van der Waals surface area contributed by atoms with E-state index in [0.29, 0.717) is 22.2 Å². The third-order valence-electron chi connectivity index (χ3n) is 5.86. The molecular formula is C26H21N5O3. The van der Waals surface area contributed by atoms with Gasteiger partial charge in [0.15, 0.2) is 0 Å². The van der Waals surface area contributed by atoms with Gasteiger partial charge in [-0.25, -0.2) is 5.43 Å². The average molecular weight is 451 g/mol. The van der Waals surface area contributed by atoms with E-state index in [-0.39, 0.29) is 5.69 Å². The fourth-order valence-corrected chi connectivity index (χ4v) is 4.16. The van der Waals surface area contributed by atoms with Crippen LogP contribution in [0.2, 0.25) is 0 Å². The maximum absolute atomic E-state index is 12.8. The summed E-state index contributed by atoms with van der Waals surface area (Å²) in [5.41, 5.74) is 7.30. The first-order valence-corrected chi connectivity index (χ1v) is 10.7. The van der Waals surface area contributed by atoms with Gasteiger partial charge in [0.2, 0.25) is 0 Å². The number of H-pyrrole nitrogens is 1. The normalized spacial score (nSPS) is 11.4. The van der Waals surface area contributed by atoms with Crippen LogP contribution in [0.1, 0.15) is 27.2 Å². The fourth-order valence-electron chi connectivity index (χ4n) is 4.16. The van der Waals surface area contributed by atoms with Crippen LogP contribution in [0, 0.1) is 17.0 Å². The summed E-state index contributed by atoms with van der Waals surface area (Å²) in [4.78, 5) is 26.4. The van der Waals surface area contributed by atoms with Gasteiger partial charge in [0, 0.05) is 52.2 Å². The highest BCUT2D eigenvalue weighted by Crippen LogP contribution is 2.26. The van der Waals surface area contributed by atoms with Crippen molar-refractivity contribution in [3.8, 4) is 0 Å². The number of aryl methyl sites for hydroxylation is 1. The number of hydrazone groups is 1. The molecule has 2 heterocycles. The molecule has 0 saturated carbocycles. The summed E-state index contributed by atoms with van der Waals surface area (Å²) in [6.45, 7) is 2.47. The van der Waals surface area contributed by atoms with Gasteiger partial charge in [-0.3, -0.25) is 14.9 Å². The van der Waals surface area contributed by atoms with E-state index >= 15 is 0 Å². The Morgan fingerprint density at radius 3 is 2.65 bits per heavy atom. The van der Waals surface area contributed by atoms with E-state index < -0.39 is 10.8 Å². The summed E-state index contributed by atoms with van der Waals surface area (Å²) in [5.74, 6) is -0.416. The monoisotopic (exact) mass is 451 g/mol. The number of hydrogen-bond donors (Lipinski definition) is 2. The molecule has 2 N–H and O–H groups in total. The van der Waals surface area contributed by atoms with Gasteiger partial charge in [0.05, 0.1) is 11.1 Å². The number of aromatic nitrogens is 2. The van der Waals surface area contributed by atoms with Crippen LogP contribution >= 0.6 is 0 Å². The summed E-state index contributed by atoms with van der Waals surface area (Å²) in [5, 5.41) is 16.9. The van der Waals surface area contributed by atoms with Crippen LogP contribution in [0.4, 0.5) is 5.69 Å². The lowest BCUT2D eigenvalue weighted by molar-refractivity contribution is -0.384. The number of para-hydroxylation sites is 1. The topological polar surface area (TPSA) is 105 Å². The van der Waals surface area contributed by atoms with Gasteiger partial charge in [-0.15, -0.1) is 0 Å². The maximum atomic E-state index is 12.8. The minimum Gasteiger partial charge on any atom is -0.350 e. The second-order valence-corrected chi connectivity index (χ2v) is 8.03. The quantitative estimate of drug-likeness (QED) is 0.212. The largest absolute Gasteiger partial charge is 0.350 e. The average Bonchev–Trinajstić information content (AvgIpc) is 3.37. The number of nitrogens with one attached hydrogen (secondary N) is 2. The van der Waals surface area contributed by atoms with Gasteiger partial charge in [-0.05, 0) is 30.2 Å². The molecule has 0 saturated heterocycles. The smallest absolute Gasteiger partial charge is 0.288 e. The Hall–Kier alpha value is -4.72. The van der Waals surface area contributed by atoms with Crippen molar-refractivity contribution in [2.75, 3.05) is 0 Å². The highest BCUT2D eigenvalue weighted by molar-refractivity contribution is 6.03. The van der Waals surface area contributed by atoms with Crippen LogP contribution in [0.3, 0.4) is 0 Å². The number of nitro groups is 1. The number of non-ortho nitro benzene ring substituents is 1. The van der Waals surface area contributed by atoms with Gasteiger partial charge < -0.3 is 9.55 Å². The van der Waals surface area contributed by atoms with E-state index in [2.05, 4.69) is 38.3 Å². The van der Waals surface area contributed by atoms with Crippen molar-refractivity contribution >= 4 is 39.6 Å². The Morgan fingerprint density at radius 2 is 1.85 bits per heavy atom. The van der Waals surface area contributed by atoms with E-state index in [4.69, 9.17) is 0 Å². The summed E-state index contributed by atoms with van der Waals surface area (Å²) >= 11 is 0. The van der Waals surface area contributed by atoms with Crippen molar-refractivity contribution in [3.05, 3.63) is 111 Å². The third-order valence-corrected chi connectivity index (χ3v) is 5.86. The van der Waals surface area contributed by atoms with Gasteiger partial charge >= 0.3 is 0 Å². The first-order valence-electron chi connectivity index (χ1n) is 10.7. The minimum atomic E-state index is -0.454. The van der Waals surface area contributed by atoms with E-state index in [1.165, 1.54) is 17.7 Å². The van der Waals surface area contributed by atoms with E-state index in [1.807, 2.05) is 42.6 Å². The molecule has 8 nitrogen and oxygen atoms in total. The van der Waals surface area contributed by atoms with E-state index in [9.17, 15) is 14.9 Å². The zero-order chi connectivity index (χ0) is 23.7. The van der Waals surface area contributed by atoms with Crippen LogP contribution in [-0.4, -0.2) is 26.6 Å². The lowest BCUT2D eigenvalue weighted by atomic mass is 10.1. The lowest BCUT2D eigenvalue weighted by Gasteiger charge is -2.05. The molecule has 0 aliphatic rings. The Kier molecular flexibility index (Phi) is 5.39. The minimum absolute atomic E-state index is 0.0218. The first-order chi connectivity index (χ1) is 16.5. The third kappa shape index (κ3) is 3.93. The van der Waals surface area contributed by atoms with Gasteiger partial charge in [-0.1, -0.05) is 48.5 Å². The first kappa shape index (κ1) is 21.1. The predicted octanol–water partition coefficient (Wildman–Crippen LogP) is 5.15. The second-order valence-electron chi connectivity index (χ2n) is 8.03. The molecule has 0 radical (unpaired) electrons. The van der Waals surface area contributed by atoms with Crippen molar-refractivity contribution in [1.82, 2.24) is 15.0 Å². The molecule has 34 heavy (non-hydrogen) atoms. The summed E-state index contributed by atoms with van der Waals surface area (Å²) in [6, 6.07) is 22.7. The molecule has 0 aliphatic heterocycles. The molecule has 5 rings (SSSR count). The van der Waals surface area contributed by atoms with E-state index in [1.54, 1.807) is 19.2 Å². The molecule has 8 heteroatoms. The highest BCUT2D eigenvalue weighted by atomic mass is 16.6. The number of fused-ring (bicyclic) bond motifs is 2. The van der Waals surface area contributed by atoms with Crippen LogP contribution in [0.5, 0.6) is 0 Å². The Bertz CT molecular complexity index is 1560. The Morgan fingerprint density at radius 1 is 1.09 bits per heavy atom. The molecule has 168 valence electrons. The van der Waals surface area contributed by atoms with Crippen molar-refractivity contribution in [3.63, 3.8) is 0 Å². The molecule has 1 amide bonds. The molecule has 5 aromatic rings. The van der Waals surface area contributed by atoms with Gasteiger partial charge in [-0.2, -0.15) is 5.10 Å². The molecule has 3 aromatic carbocycles. The predicted molar refractivity (Wildman–Crippen MR) is 132 cm³/mol. The molecule has 0 atom stereocenters. The fraction of sp³-hybridized carbons (Fsp3) is 0.0769. The molecule has 0 unspecified atom stereocenters. The zero-order valence-electron chi connectivity index (χ0n) is 18.4. The number of nitrogens with zero attached hydrogens (tertiary/aromatic N) is 3. The van der Waals surface area contributed by atoms with Crippen LogP contribution in [-0.2, 0) is 6.54 Å². The molecule has 0 spiro atoms. The SMILES string of the molecule is Cc1c(C(=O)NN=Cc2cn(Cc3ccccc3)c3ccccc23)[nH]c2ccc([N+](=O)[O-])cc12. The van der Waals surface area contributed by atoms with Gasteiger partial charge in [0.1, 0.15) is 5.69 Å². The number of carbonyl (C=O) groups is 1. The van der Waals surface area contributed by atoms with Crippen molar-refractivity contribution in [1.29, 1.82) is 0 Å². The van der Waals surface area contributed by atoms with Crippen LogP contribution in [0.15, 0.2) is 84.1 Å². The number of rotatable bonds is 6. The number of nitro benzene ring substituents is 1. The molecular weight excluding hydrogens is 430 g/mol. The number of benzene rings is 3. The van der Waals surface area contributed by atoms with E-state index in [0.717, 1.165) is 23.0 Å². The zero-order valence-corrected chi connectivity index (χ0v) is 18.4. The van der Waals surface area contributed by atoms with Gasteiger partial charge in [0.25, 0.3) is 11.6 Å². The summed E-state index contributed by atoms with van der Waals surface area (Å²) < 4.78 is 2.16. The maximum Gasteiger partial charge on any atom is 0.288 e. The van der Waals surface area contributed by atoms with Crippen molar-refractivity contribution in [2.45, 2.75) is 13.5 Å². The summed E-state index contributed by atoms with van der Waals surface area (Å²) in [6.07, 6.45) is 3.64. The standard InChI is InChI=1S/C26H21N5O3/c1-17-22-13-20(31(33)34)11-12-23(22)28-25(17)26(32)29-27-14-19-16-30(15-18-7-3-2-4-8-18)24-10-6-5-9-21(19)24/h2-14,16,28H,15H2,1H3,(H,29,32). The molecule has 0 bridgehead atoms. The number of hydrogen-bond acceptors (Lipinski definition) is 4. The Balaban J connectivity index is 1.39. The van der Waals surface area contributed by atoms with Crippen LogP contribution in [0.25, 0.3) is 21.8 Å². The number of aromatic amines is 1. The second kappa shape index (κ2) is 8.67. The lowest BCUT2D eigenvalue weighted by Crippen LogP contribution is -2.18. The molecule has 0 aliphatic carbocycles. The number of amides is 1. The summed E-state index contributed by atoms with van der Waals surface area (Å²) in [7, 11) is 0.